The summed E-state index contributed by atoms with van der Waals surface area (Å²) in [6.45, 7) is -1.70. The molecular weight excluding hydrogens is 227 g/mol. The molecule has 1 aliphatic heterocycles. The number of amides is 1. The summed E-state index contributed by atoms with van der Waals surface area (Å²) in [7, 11) is 0. The van der Waals surface area contributed by atoms with Crippen LogP contribution in [0.5, 0.6) is 0 Å². The van der Waals surface area contributed by atoms with Crippen molar-refractivity contribution in [2.75, 3.05) is 26.4 Å². The van der Waals surface area contributed by atoms with Gasteiger partial charge in [-0.05, 0) is 12.8 Å². The van der Waals surface area contributed by atoms with Crippen molar-refractivity contribution >= 4 is 5.91 Å². The fourth-order valence-electron chi connectivity index (χ4n) is 1.69. The molecule has 1 atom stereocenters. The molecule has 1 heterocycles. The van der Waals surface area contributed by atoms with Crippen molar-refractivity contribution in [3.63, 3.8) is 0 Å². The molecular formula is C9H14F3NO3. The number of alkyl halides is 3. The highest BCUT2D eigenvalue weighted by Gasteiger charge is 2.30. The largest absolute Gasteiger partial charge is 0.411 e. The van der Waals surface area contributed by atoms with E-state index >= 15 is 0 Å². The second kappa shape index (κ2) is 5.49. The summed E-state index contributed by atoms with van der Waals surface area (Å²) in [4.78, 5) is 12.8. The third-order valence-corrected chi connectivity index (χ3v) is 2.40. The first-order chi connectivity index (χ1) is 7.44. The fraction of sp³-hybridized carbons (Fsp3) is 0.889. The lowest BCUT2D eigenvalue weighted by Gasteiger charge is -2.22. The Morgan fingerprint density at radius 1 is 1.50 bits per heavy atom. The number of nitrogens with zero attached hydrogens (tertiary/aromatic N) is 1. The monoisotopic (exact) mass is 241 g/mol. The van der Waals surface area contributed by atoms with Crippen LogP contribution < -0.4 is 0 Å². The highest BCUT2D eigenvalue weighted by Crippen LogP contribution is 2.18. The van der Waals surface area contributed by atoms with Gasteiger partial charge in [0.15, 0.2) is 0 Å². The van der Waals surface area contributed by atoms with Crippen LogP contribution in [-0.2, 0) is 9.53 Å². The predicted octanol–water partition coefficient (Wildman–Crippen LogP) is 0.549. The molecule has 1 amide bonds. The molecule has 0 unspecified atom stereocenters. The maximum absolute atomic E-state index is 11.7. The summed E-state index contributed by atoms with van der Waals surface area (Å²) >= 11 is 0. The van der Waals surface area contributed by atoms with Gasteiger partial charge in [-0.1, -0.05) is 0 Å². The van der Waals surface area contributed by atoms with E-state index in [0.717, 1.165) is 6.42 Å². The molecule has 94 valence electrons. The topological polar surface area (TPSA) is 49.8 Å². The van der Waals surface area contributed by atoms with Crippen LogP contribution in [0.2, 0.25) is 0 Å². The van der Waals surface area contributed by atoms with Gasteiger partial charge in [-0.2, -0.15) is 13.2 Å². The molecule has 0 aromatic rings. The van der Waals surface area contributed by atoms with Gasteiger partial charge < -0.3 is 14.7 Å². The Morgan fingerprint density at radius 3 is 2.75 bits per heavy atom. The zero-order chi connectivity index (χ0) is 12.2. The molecule has 0 bridgehead atoms. The SMILES string of the molecule is O=C(COCC(F)(F)F)N1CCC[C@@H]1CO. The number of carbonyl (C=O) groups excluding carboxylic acids is 1. The average Bonchev–Trinajstić information content (AvgIpc) is 2.63. The van der Waals surface area contributed by atoms with Gasteiger partial charge in [-0.25, -0.2) is 0 Å². The summed E-state index contributed by atoms with van der Waals surface area (Å²) in [5, 5.41) is 8.93. The van der Waals surface area contributed by atoms with Crippen LogP contribution in [0.3, 0.4) is 0 Å². The Balaban J connectivity index is 2.29. The number of carbonyl (C=O) groups is 1. The summed E-state index contributed by atoms with van der Waals surface area (Å²) in [5.41, 5.74) is 0. The smallest absolute Gasteiger partial charge is 0.394 e. The van der Waals surface area contributed by atoms with Crippen molar-refractivity contribution in [1.29, 1.82) is 0 Å². The minimum Gasteiger partial charge on any atom is -0.394 e. The van der Waals surface area contributed by atoms with Crippen LogP contribution in [0.4, 0.5) is 13.2 Å². The van der Waals surface area contributed by atoms with Gasteiger partial charge in [-0.3, -0.25) is 4.79 Å². The van der Waals surface area contributed by atoms with E-state index in [1.165, 1.54) is 4.90 Å². The first-order valence-electron chi connectivity index (χ1n) is 4.99. The van der Waals surface area contributed by atoms with E-state index in [0.29, 0.717) is 13.0 Å². The molecule has 7 heteroatoms. The quantitative estimate of drug-likeness (QED) is 0.782. The van der Waals surface area contributed by atoms with E-state index in [4.69, 9.17) is 5.11 Å². The van der Waals surface area contributed by atoms with E-state index in [-0.39, 0.29) is 12.6 Å². The molecule has 0 radical (unpaired) electrons. The number of likely N-dealkylation sites (tertiary alicyclic amines) is 1. The van der Waals surface area contributed by atoms with Crippen LogP contribution >= 0.6 is 0 Å². The second-order valence-electron chi connectivity index (χ2n) is 3.67. The Labute approximate surface area is 91.0 Å². The van der Waals surface area contributed by atoms with E-state index in [1.54, 1.807) is 0 Å². The second-order valence-corrected chi connectivity index (χ2v) is 3.67. The maximum Gasteiger partial charge on any atom is 0.411 e. The molecule has 0 aliphatic carbocycles. The lowest BCUT2D eigenvalue weighted by Crippen LogP contribution is -2.40. The summed E-state index contributed by atoms with van der Waals surface area (Å²) in [6.07, 6.45) is -2.97. The highest BCUT2D eigenvalue weighted by atomic mass is 19.4. The van der Waals surface area contributed by atoms with E-state index in [9.17, 15) is 18.0 Å². The van der Waals surface area contributed by atoms with Crippen molar-refractivity contribution in [3.05, 3.63) is 0 Å². The Morgan fingerprint density at radius 2 is 2.19 bits per heavy atom. The van der Waals surface area contributed by atoms with Crippen LogP contribution in [0.25, 0.3) is 0 Å². The Bertz CT molecular complexity index is 245. The molecule has 0 saturated carbocycles. The number of aliphatic hydroxyl groups excluding tert-OH is 1. The van der Waals surface area contributed by atoms with Crippen LogP contribution in [0, 0.1) is 0 Å². The number of hydrogen-bond donors (Lipinski definition) is 1. The van der Waals surface area contributed by atoms with Crippen molar-refractivity contribution < 1.29 is 27.8 Å². The molecule has 0 aromatic heterocycles. The van der Waals surface area contributed by atoms with Crippen molar-refractivity contribution in [3.8, 4) is 0 Å². The molecule has 1 rings (SSSR count). The lowest BCUT2D eigenvalue weighted by atomic mass is 10.2. The van der Waals surface area contributed by atoms with E-state index < -0.39 is 25.3 Å². The molecule has 1 fully saturated rings. The standard InChI is InChI=1S/C9H14F3NO3/c10-9(11,12)6-16-5-8(15)13-3-1-2-7(13)4-14/h7,14H,1-6H2/t7-/m1/s1. The molecule has 1 N–H and O–H groups in total. The number of halogens is 3. The minimum atomic E-state index is -4.42. The van der Waals surface area contributed by atoms with Gasteiger partial charge in [0, 0.05) is 6.54 Å². The number of ether oxygens (including phenoxy) is 1. The summed E-state index contributed by atoms with van der Waals surface area (Å²) < 4.78 is 39.5. The lowest BCUT2D eigenvalue weighted by molar-refractivity contribution is -0.178. The third kappa shape index (κ3) is 3.97. The average molecular weight is 241 g/mol. The molecule has 1 aliphatic rings. The van der Waals surface area contributed by atoms with Crippen molar-refractivity contribution in [2.24, 2.45) is 0 Å². The zero-order valence-corrected chi connectivity index (χ0v) is 8.66. The van der Waals surface area contributed by atoms with E-state index in [1.807, 2.05) is 0 Å². The number of hydrogen-bond acceptors (Lipinski definition) is 3. The van der Waals surface area contributed by atoms with Gasteiger partial charge in [0.25, 0.3) is 0 Å². The van der Waals surface area contributed by atoms with Gasteiger partial charge in [0.05, 0.1) is 12.6 Å². The van der Waals surface area contributed by atoms with Gasteiger partial charge in [-0.15, -0.1) is 0 Å². The Kier molecular flexibility index (Phi) is 4.55. The van der Waals surface area contributed by atoms with Gasteiger partial charge >= 0.3 is 6.18 Å². The number of rotatable bonds is 4. The fourth-order valence-corrected chi connectivity index (χ4v) is 1.69. The highest BCUT2D eigenvalue weighted by molar-refractivity contribution is 5.78. The molecule has 4 nitrogen and oxygen atoms in total. The third-order valence-electron chi connectivity index (χ3n) is 2.40. The first kappa shape index (κ1) is 13.2. The van der Waals surface area contributed by atoms with E-state index in [2.05, 4.69) is 4.74 Å². The van der Waals surface area contributed by atoms with Crippen LogP contribution in [-0.4, -0.2) is 54.5 Å². The first-order valence-corrected chi connectivity index (χ1v) is 4.99. The van der Waals surface area contributed by atoms with Crippen LogP contribution in [0.1, 0.15) is 12.8 Å². The predicted molar refractivity (Wildman–Crippen MR) is 48.7 cm³/mol. The zero-order valence-electron chi connectivity index (χ0n) is 8.66. The molecule has 0 aromatic carbocycles. The van der Waals surface area contributed by atoms with Gasteiger partial charge in [0.2, 0.25) is 5.91 Å². The molecule has 16 heavy (non-hydrogen) atoms. The maximum atomic E-state index is 11.7. The van der Waals surface area contributed by atoms with Gasteiger partial charge in [0.1, 0.15) is 13.2 Å². The summed E-state index contributed by atoms with van der Waals surface area (Å²) in [5.74, 6) is -0.499. The Hall–Kier alpha value is -0.820. The molecule has 1 saturated heterocycles. The minimum absolute atomic E-state index is 0.162. The number of aliphatic hydroxyl groups is 1. The normalized spacial score (nSPS) is 21.5. The molecule has 0 spiro atoms. The van der Waals surface area contributed by atoms with Crippen molar-refractivity contribution in [1.82, 2.24) is 4.90 Å². The van der Waals surface area contributed by atoms with Crippen molar-refractivity contribution in [2.45, 2.75) is 25.1 Å². The van der Waals surface area contributed by atoms with Crippen LogP contribution in [0.15, 0.2) is 0 Å². The summed E-state index contributed by atoms with van der Waals surface area (Å²) in [6, 6.07) is -0.276.